The fourth-order valence-corrected chi connectivity index (χ4v) is 2.02. The first-order valence-corrected chi connectivity index (χ1v) is 5.16. The quantitative estimate of drug-likeness (QED) is 0.625. The maximum absolute atomic E-state index is 10.8. The van der Waals surface area contributed by atoms with Crippen molar-refractivity contribution in [2.75, 3.05) is 0 Å². The molecule has 1 aliphatic heterocycles. The molecule has 1 fully saturated rings. The molecule has 3 atom stereocenters. The Bertz CT molecular complexity index is 204. The lowest BCUT2D eigenvalue weighted by Crippen LogP contribution is -2.51. The van der Waals surface area contributed by atoms with E-state index in [-0.39, 0.29) is 6.04 Å². The highest BCUT2D eigenvalue weighted by Crippen LogP contribution is 2.18. The predicted octanol–water partition coefficient (Wildman–Crippen LogP) is 0.599. The number of carbonyl (C=O) groups is 1. The topological polar surface area (TPSA) is 69.6 Å². The molecule has 1 heterocycles. The van der Waals surface area contributed by atoms with E-state index in [0.29, 0.717) is 18.8 Å². The number of nitrogens with one attached hydrogen (secondary N) is 1. The normalized spacial score (nSPS) is 33.3. The molecule has 0 saturated carbocycles. The number of carboxylic acids is 1. The second-order valence-corrected chi connectivity index (χ2v) is 4.51. The summed E-state index contributed by atoms with van der Waals surface area (Å²) in [6.45, 7) is 4.19. The van der Waals surface area contributed by atoms with Crippen molar-refractivity contribution >= 4 is 5.97 Å². The maximum Gasteiger partial charge on any atom is 0.320 e. The van der Waals surface area contributed by atoms with Gasteiger partial charge in [0, 0.05) is 6.04 Å². The molecule has 0 radical (unpaired) electrons. The summed E-state index contributed by atoms with van der Waals surface area (Å²) in [5.74, 6) is -0.343. The van der Waals surface area contributed by atoms with E-state index in [0.717, 1.165) is 6.42 Å². The summed E-state index contributed by atoms with van der Waals surface area (Å²) in [6.07, 6.45) is 1.44. The van der Waals surface area contributed by atoms with Crippen LogP contribution in [-0.4, -0.2) is 34.4 Å². The third-order valence-electron chi connectivity index (χ3n) is 2.56. The first kappa shape index (κ1) is 11.5. The molecular weight excluding hydrogens is 182 g/mol. The van der Waals surface area contributed by atoms with Gasteiger partial charge in [0.1, 0.15) is 6.04 Å². The Labute approximate surface area is 84.3 Å². The van der Waals surface area contributed by atoms with E-state index in [4.69, 9.17) is 5.11 Å². The molecule has 1 rings (SSSR count). The van der Waals surface area contributed by atoms with E-state index in [1.165, 1.54) is 0 Å². The van der Waals surface area contributed by atoms with Gasteiger partial charge in [0.15, 0.2) is 0 Å². The van der Waals surface area contributed by atoms with Crippen LogP contribution < -0.4 is 5.32 Å². The Morgan fingerprint density at radius 3 is 2.64 bits per heavy atom. The summed E-state index contributed by atoms with van der Waals surface area (Å²) >= 11 is 0. The molecule has 4 nitrogen and oxygen atoms in total. The Balaban J connectivity index is 2.49. The number of aliphatic hydroxyl groups excluding tert-OH is 1. The average Bonchev–Trinajstić information content (AvgIpc) is 2.01. The Hall–Kier alpha value is -0.610. The molecule has 3 N–H and O–H groups in total. The fourth-order valence-electron chi connectivity index (χ4n) is 2.02. The van der Waals surface area contributed by atoms with Gasteiger partial charge in [0.25, 0.3) is 0 Å². The number of piperidine rings is 1. The van der Waals surface area contributed by atoms with Crippen molar-refractivity contribution in [3.05, 3.63) is 0 Å². The van der Waals surface area contributed by atoms with E-state index < -0.39 is 18.1 Å². The van der Waals surface area contributed by atoms with Gasteiger partial charge in [0.05, 0.1) is 6.10 Å². The van der Waals surface area contributed by atoms with Crippen LogP contribution >= 0.6 is 0 Å². The van der Waals surface area contributed by atoms with Gasteiger partial charge in [0.2, 0.25) is 0 Å². The van der Waals surface area contributed by atoms with Crippen LogP contribution in [0.2, 0.25) is 0 Å². The van der Waals surface area contributed by atoms with Crippen LogP contribution in [0.3, 0.4) is 0 Å². The van der Waals surface area contributed by atoms with Gasteiger partial charge in [-0.05, 0) is 25.2 Å². The Morgan fingerprint density at radius 2 is 2.14 bits per heavy atom. The van der Waals surface area contributed by atoms with Crippen LogP contribution in [0.25, 0.3) is 0 Å². The van der Waals surface area contributed by atoms with Crippen LogP contribution in [0.5, 0.6) is 0 Å². The molecule has 82 valence electrons. The van der Waals surface area contributed by atoms with Gasteiger partial charge in [-0.3, -0.25) is 4.79 Å². The summed E-state index contributed by atoms with van der Waals surface area (Å²) in [5, 5.41) is 21.4. The number of rotatable bonds is 3. The zero-order valence-corrected chi connectivity index (χ0v) is 8.73. The summed E-state index contributed by atoms with van der Waals surface area (Å²) in [7, 11) is 0. The predicted molar refractivity (Wildman–Crippen MR) is 53.0 cm³/mol. The van der Waals surface area contributed by atoms with E-state index in [1.807, 2.05) is 0 Å². The lowest BCUT2D eigenvalue weighted by atomic mass is 9.91. The standard InChI is InChI=1S/C10H19NO3/c1-6(2)3-7-4-8(12)5-9(11-7)10(13)14/h6-9,11-12H,3-5H2,1-2H3,(H,13,14)/t7-,8+,9-/m0/s1. The van der Waals surface area contributed by atoms with Crippen molar-refractivity contribution in [2.45, 2.75) is 51.3 Å². The van der Waals surface area contributed by atoms with Gasteiger partial charge in [-0.2, -0.15) is 0 Å². The molecule has 1 aliphatic rings. The largest absolute Gasteiger partial charge is 0.480 e. The Kier molecular flexibility index (Phi) is 3.89. The highest BCUT2D eigenvalue weighted by Gasteiger charge is 2.31. The number of aliphatic hydroxyl groups is 1. The molecule has 4 heteroatoms. The van der Waals surface area contributed by atoms with E-state index >= 15 is 0 Å². The highest BCUT2D eigenvalue weighted by molar-refractivity contribution is 5.73. The van der Waals surface area contributed by atoms with Gasteiger partial charge < -0.3 is 15.5 Å². The highest BCUT2D eigenvalue weighted by atomic mass is 16.4. The molecule has 14 heavy (non-hydrogen) atoms. The van der Waals surface area contributed by atoms with Crippen molar-refractivity contribution in [3.63, 3.8) is 0 Å². The van der Waals surface area contributed by atoms with Crippen LogP contribution in [0, 0.1) is 5.92 Å². The van der Waals surface area contributed by atoms with Gasteiger partial charge in [-0.15, -0.1) is 0 Å². The minimum Gasteiger partial charge on any atom is -0.480 e. The maximum atomic E-state index is 10.8. The van der Waals surface area contributed by atoms with E-state index in [2.05, 4.69) is 19.2 Å². The minimum absolute atomic E-state index is 0.139. The summed E-state index contributed by atoms with van der Waals surface area (Å²) in [4.78, 5) is 10.8. The number of hydrogen-bond acceptors (Lipinski definition) is 3. The first-order chi connectivity index (χ1) is 6.49. The van der Waals surface area contributed by atoms with Crippen LogP contribution in [0.15, 0.2) is 0 Å². The summed E-state index contributed by atoms with van der Waals surface area (Å²) in [6, 6.07) is -0.442. The molecular formula is C10H19NO3. The molecule has 0 unspecified atom stereocenters. The van der Waals surface area contributed by atoms with Crippen molar-refractivity contribution < 1.29 is 15.0 Å². The third-order valence-corrected chi connectivity index (χ3v) is 2.56. The van der Waals surface area contributed by atoms with Crippen molar-refractivity contribution in [2.24, 2.45) is 5.92 Å². The summed E-state index contributed by atoms with van der Waals surface area (Å²) in [5.41, 5.74) is 0. The van der Waals surface area contributed by atoms with E-state index in [9.17, 15) is 9.90 Å². The zero-order valence-electron chi connectivity index (χ0n) is 8.73. The lowest BCUT2D eigenvalue weighted by Gasteiger charge is -2.32. The van der Waals surface area contributed by atoms with Gasteiger partial charge >= 0.3 is 5.97 Å². The molecule has 1 saturated heterocycles. The second kappa shape index (κ2) is 4.75. The van der Waals surface area contributed by atoms with Gasteiger partial charge in [-0.25, -0.2) is 0 Å². The molecule has 0 bridgehead atoms. The van der Waals surface area contributed by atoms with Crippen molar-refractivity contribution in [3.8, 4) is 0 Å². The average molecular weight is 201 g/mol. The van der Waals surface area contributed by atoms with Crippen LogP contribution in [-0.2, 0) is 4.79 Å². The SMILES string of the molecule is CC(C)C[C@H]1C[C@@H](O)C[C@@H](C(=O)O)N1. The molecule has 0 aromatic carbocycles. The lowest BCUT2D eigenvalue weighted by molar-refractivity contribution is -0.141. The fraction of sp³-hybridized carbons (Fsp3) is 0.900. The second-order valence-electron chi connectivity index (χ2n) is 4.51. The number of hydrogen-bond donors (Lipinski definition) is 3. The van der Waals surface area contributed by atoms with Crippen molar-refractivity contribution in [1.29, 1.82) is 0 Å². The number of carboxylic acid groups (broad SMARTS) is 1. The number of aliphatic carboxylic acids is 1. The monoisotopic (exact) mass is 201 g/mol. The molecule has 0 aromatic heterocycles. The van der Waals surface area contributed by atoms with Crippen LogP contribution in [0.4, 0.5) is 0 Å². The smallest absolute Gasteiger partial charge is 0.320 e. The van der Waals surface area contributed by atoms with Crippen LogP contribution in [0.1, 0.15) is 33.1 Å². The minimum atomic E-state index is -0.863. The molecule has 0 amide bonds. The zero-order chi connectivity index (χ0) is 10.7. The first-order valence-electron chi connectivity index (χ1n) is 5.16. The van der Waals surface area contributed by atoms with Gasteiger partial charge in [-0.1, -0.05) is 13.8 Å². The molecule has 0 spiro atoms. The summed E-state index contributed by atoms with van der Waals surface area (Å²) < 4.78 is 0. The third kappa shape index (κ3) is 3.27. The van der Waals surface area contributed by atoms with Crippen molar-refractivity contribution in [1.82, 2.24) is 5.32 Å². The molecule has 0 aromatic rings. The Morgan fingerprint density at radius 1 is 1.50 bits per heavy atom. The molecule has 0 aliphatic carbocycles. The van der Waals surface area contributed by atoms with E-state index in [1.54, 1.807) is 0 Å².